The molecule has 21 heavy (non-hydrogen) atoms. The van der Waals surface area contributed by atoms with E-state index >= 15 is 0 Å². The lowest BCUT2D eigenvalue weighted by molar-refractivity contribution is 0.0128. The van der Waals surface area contributed by atoms with E-state index in [0.717, 1.165) is 12.1 Å². The van der Waals surface area contributed by atoms with E-state index in [0.29, 0.717) is 6.54 Å². The van der Waals surface area contributed by atoms with Crippen molar-refractivity contribution in [3.05, 3.63) is 24.3 Å². The third-order valence-corrected chi connectivity index (χ3v) is 4.82. The van der Waals surface area contributed by atoms with Crippen molar-refractivity contribution < 1.29 is 13.2 Å². The van der Waals surface area contributed by atoms with Gasteiger partial charge < -0.3 is 10.1 Å². The van der Waals surface area contributed by atoms with Crippen LogP contribution in [0.25, 0.3) is 0 Å². The molecule has 0 bridgehead atoms. The molecule has 0 amide bonds. The summed E-state index contributed by atoms with van der Waals surface area (Å²) in [5, 5.41) is 3.35. The second kappa shape index (κ2) is 7.24. The summed E-state index contributed by atoms with van der Waals surface area (Å²) in [4.78, 5) is 0.278. The zero-order valence-electron chi connectivity index (χ0n) is 13.4. The van der Waals surface area contributed by atoms with E-state index in [1.165, 1.54) is 0 Å². The normalized spacial score (nSPS) is 14.0. The largest absolute Gasteiger partial charge is 0.382 e. The lowest BCUT2D eigenvalue weighted by Gasteiger charge is -2.27. The van der Waals surface area contributed by atoms with Gasteiger partial charge in [-0.05, 0) is 51.5 Å². The highest BCUT2D eigenvalue weighted by Gasteiger charge is 2.20. The summed E-state index contributed by atoms with van der Waals surface area (Å²) in [7, 11) is -1.68. The molecule has 0 spiro atoms. The second-order valence-electron chi connectivity index (χ2n) is 5.74. The molecular weight excluding hydrogens is 288 g/mol. The van der Waals surface area contributed by atoms with Crippen LogP contribution in [0.15, 0.2) is 29.2 Å². The average Bonchev–Trinajstić information content (AvgIpc) is 2.38. The first-order valence-electron chi connectivity index (χ1n) is 7.11. The average molecular weight is 314 g/mol. The van der Waals surface area contributed by atoms with E-state index in [-0.39, 0.29) is 16.5 Å². The fourth-order valence-electron chi connectivity index (χ4n) is 2.16. The minimum absolute atomic E-state index is 0.194. The Balaban J connectivity index is 2.71. The molecule has 0 saturated heterocycles. The molecule has 6 heteroatoms. The van der Waals surface area contributed by atoms with Gasteiger partial charge >= 0.3 is 0 Å². The molecule has 0 aliphatic rings. The summed E-state index contributed by atoms with van der Waals surface area (Å²) >= 11 is 0. The summed E-state index contributed by atoms with van der Waals surface area (Å²) in [6.07, 6.45) is 0.848. The van der Waals surface area contributed by atoms with Crippen molar-refractivity contribution in [2.75, 3.05) is 19.0 Å². The fourth-order valence-corrected chi connectivity index (χ4v) is 3.20. The Morgan fingerprint density at radius 1 is 1.24 bits per heavy atom. The van der Waals surface area contributed by atoms with Gasteiger partial charge in [-0.15, -0.1) is 0 Å². The van der Waals surface area contributed by atoms with Crippen LogP contribution in [0.3, 0.4) is 0 Å². The first kappa shape index (κ1) is 17.9. The van der Waals surface area contributed by atoms with Gasteiger partial charge in [0.25, 0.3) is 0 Å². The van der Waals surface area contributed by atoms with Crippen molar-refractivity contribution in [2.24, 2.45) is 0 Å². The lowest BCUT2D eigenvalue weighted by atomic mass is 10.00. The minimum Gasteiger partial charge on any atom is -0.382 e. The summed E-state index contributed by atoms with van der Waals surface area (Å²) in [6.45, 7) is 8.29. The predicted molar refractivity (Wildman–Crippen MR) is 86.1 cm³/mol. The monoisotopic (exact) mass is 314 g/mol. The smallest absolute Gasteiger partial charge is 0.240 e. The molecule has 1 rings (SSSR count). The molecule has 2 N–H and O–H groups in total. The molecule has 0 aliphatic carbocycles. The Hall–Kier alpha value is -1.11. The van der Waals surface area contributed by atoms with Gasteiger partial charge in [-0.3, -0.25) is 0 Å². The van der Waals surface area contributed by atoms with Gasteiger partial charge in [-0.1, -0.05) is 6.92 Å². The van der Waals surface area contributed by atoms with E-state index in [4.69, 9.17) is 4.74 Å². The third kappa shape index (κ3) is 5.65. The highest BCUT2D eigenvalue weighted by Crippen LogP contribution is 2.20. The first-order valence-corrected chi connectivity index (χ1v) is 8.60. The number of hydrogen-bond acceptors (Lipinski definition) is 4. The van der Waals surface area contributed by atoms with Crippen LogP contribution in [0.5, 0.6) is 0 Å². The summed E-state index contributed by atoms with van der Waals surface area (Å²) in [5.74, 6) is 0. The minimum atomic E-state index is -3.39. The van der Waals surface area contributed by atoms with Gasteiger partial charge in [0, 0.05) is 25.4 Å². The quantitative estimate of drug-likeness (QED) is 0.774. The highest BCUT2D eigenvalue weighted by atomic mass is 32.2. The van der Waals surface area contributed by atoms with Crippen LogP contribution in [0, 0.1) is 0 Å². The van der Waals surface area contributed by atoms with Crippen molar-refractivity contribution in [1.82, 2.24) is 4.72 Å². The van der Waals surface area contributed by atoms with Crippen LogP contribution in [0.4, 0.5) is 5.69 Å². The first-order chi connectivity index (χ1) is 9.70. The molecular formula is C15H26N2O3S. The van der Waals surface area contributed by atoms with Crippen LogP contribution < -0.4 is 10.0 Å². The van der Waals surface area contributed by atoms with E-state index in [9.17, 15) is 8.42 Å². The number of anilines is 1. The van der Waals surface area contributed by atoms with Crippen molar-refractivity contribution in [1.29, 1.82) is 0 Å². The van der Waals surface area contributed by atoms with Crippen LogP contribution in [0.2, 0.25) is 0 Å². The van der Waals surface area contributed by atoms with Crippen LogP contribution in [0.1, 0.15) is 34.1 Å². The molecule has 5 nitrogen and oxygen atoms in total. The maximum atomic E-state index is 11.8. The van der Waals surface area contributed by atoms with Crippen molar-refractivity contribution in [3.63, 3.8) is 0 Å². The topological polar surface area (TPSA) is 67.4 Å². The zero-order chi connectivity index (χ0) is 16.1. The molecule has 0 aromatic heterocycles. The Bertz CT molecular complexity index is 539. The van der Waals surface area contributed by atoms with Crippen molar-refractivity contribution in [3.8, 4) is 0 Å². The Morgan fingerprint density at radius 2 is 1.81 bits per heavy atom. The maximum absolute atomic E-state index is 11.8. The summed E-state index contributed by atoms with van der Waals surface area (Å²) in [6, 6.07) is 6.99. The Labute approximate surface area is 128 Å². The standard InChI is InChI=1S/C15H26N2O3S/c1-6-16-21(18,19)14-9-7-13(8-10-14)17-12(2)11-15(3,4)20-5/h7-10,12,16-17H,6,11H2,1-5H3. The van der Waals surface area contributed by atoms with Crippen molar-refractivity contribution >= 4 is 15.7 Å². The van der Waals surface area contributed by atoms with E-state index in [1.807, 2.05) is 13.8 Å². The maximum Gasteiger partial charge on any atom is 0.240 e. The van der Waals surface area contributed by atoms with E-state index in [2.05, 4.69) is 17.0 Å². The summed E-state index contributed by atoms with van der Waals surface area (Å²) in [5.41, 5.74) is 0.700. The van der Waals surface area contributed by atoms with Gasteiger partial charge in [0.2, 0.25) is 10.0 Å². The molecule has 0 aliphatic heterocycles. The van der Waals surface area contributed by atoms with Crippen LogP contribution in [-0.2, 0) is 14.8 Å². The number of nitrogens with one attached hydrogen (secondary N) is 2. The Morgan fingerprint density at radius 3 is 2.29 bits per heavy atom. The number of hydrogen-bond donors (Lipinski definition) is 2. The van der Waals surface area contributed by atoms with E-state index < -0.39 is 10.0 Å². The van der Waals surface area contributed by atoms with Gasteiger partial charge in [0.05, 0.1) is 10.5 Å². The van der Waals surface area contributed by atoms with Gasteiger partial charge in [0.1, 0.15) is 0 Å². The molecule has 0 radical (unpaired) electrons. The molecule has 1 aromatic carbocycles. The number of sulfonamides is 1. The van der Waals surface area contributed by atoms with Gasteiger partial charge in [-0.25, -0.2) is 13.1 Å². The number of rotatable bonds is 8. The van der Waals surface area contributed by atoms with Gasteiger partial charge in [-0.2, -0.15) is 0 Å². The summed E-state index contributed by atoms with van der Waals surface area (Å²) < 4.78 is 31.6. The number of benzene rings is 1. The lowest BCUT2D eigenvalue weighted by Crippen LogP contribution is -2.31. The predicted octanol–water partition coefficient (Wildman–Crippen LogP) is 2.60. The van der Waals surface area contributed by atoms with E-state index in [1.54, 1.807) is 38.3 Å². The SMILES string of the molecule is CCNS(=O)(=O)c1ccc(NC(C)CC(C)(C)OC)cc1. The molecule has 1 aromatic rings. The third-order valence-electron chi connectivity index (χ3n) is 3.26. The fraction of sp³-hybridized carbons (Fsp3) is 0.600. The molecule has 120 valence electrons. The molecule has 1 unspecified atom stereocenters. The molecule has 0 heterocycles. The van der Waals surface area contributed by atoms with Crippen LogP contribution >= 0.6 is 0 Å². The number of methoxy groups -OCH3 is 1. The highest BCUT2D eigenvalue weighted by molar-refractivity contribution is 7.89. The molecule has 0 saturated carbocycles. The zero-order valence-corrected chi connectivity index (χ0v) is 14.3. The van der Waals surface area contributed by atoms with Gasteiger partial charge in [0.15, 0.2) is 0 Å². The Kier molecular flexibility index (Phi) is 6.19. The second-order valence-corrected chi connectivity index (χ2v) is 7.51. The molecule has 1 atom stereocenters. The molecule has 0 fully saturated rings. The van der Waals surface area contributed by atoms with Crippen LogP contribution in [-0.4, -0.2) is 33.7 Å². The number of ether oxygens (including phenoxy) is 1. The van der Waals surface area contributed by atoms with Crippen molar-refractivity contribution in [2.45, 2.75) is 50.7 Å².